The predicted octanol–water partition coefficient (Wildman–Crippen LogP) is 4.05. The molecule has 19 heavy (non-hydrogen) atoms. The maximum absolute atomic E-state index is 9.51. The molecule has 2 atom stereocenters. The second-order valence-electron chi connectivity index (χ2n) is 5.56. The molecule has 0 bridgehead atoms. The van der Waals surface area contributed by atoms with Crippen molar-refractivity contribution in [2.45, 2.75) is 43.0 Å². The lowest BCUT2D eigenvalue weighted by atomic mass is 9.91. The van der Waals surface area contributed by atoms with E-state index in [2.05, 4.69) is 35.4 Å². The molecule has 1 aromatic rings. The van der Waals surface area contributed by atoms with Crippen LogP contribution < -0.4 is 4.90 Å². The van der Waals surface area contributed by atoms with Crippen molar-refractivity contribution in [3.05, 3.63) is 23.8 Å². The minimum Gasteiger partial charge on any atom is -0.367 e. The van der Waals surface area contributed by atoms with E-state index in [1.165, 1.54) is 37.8 Å². The zero-order chi connectivity index (χ0) is 13.2. The molecule has 1 heterocycles. The van der Waals surface area contributed by atoms with Crippen LogP contribution in [0.3, 0.4) is 0 Å². The highest BCUT2D eigenvalue weighted by Crippen LogP contribution is 2.41. The van der Waals surface area contributed by atoms with Crippen LogP contribution in [0.25, 0.3) is 0 Å². The molecule has 0 N–H and O–H groups in total. The molecule has 100 valence electrons. The Hall–Kier alpha value is -1.14. The van der Waals surface area contributed by atoms with Crippen LogP contribution in [0.1, 0.15) is 37.7 Å². The standard InChI is InChI=1S/C16H20N2S/c1-19-16-9-3-8-15(13(16)11-17)18-10-4-6-12-5-2-7-14(12)18/h3,8-9,12,14H,2,4-7,10H2,1H3. The van der Waals surface area contributed by atoms with Gasteiger partial charge in [-0.25, -0.2) is 0 Å². The average molecular weight is 272 g/mol. The fourth-order valence-corrected chi connectivity index (χ4v) is 4.36. The van der Waals surface area contributed by atoms with Gasteiger partial charge in [0, 0.05) is 17.5 Å². The summed E-state index contributed by atoms with van der Waals surface area (Å²) in [5.74, 6) is 0.859. The van der Waals surface area contributed by atoms with E-state index in [9.17, 15) is 5.26 Å². The summed E-state index contributed by atoms with van der Waals surface area (Å²) in [6.07, 6.45) is 8.75. The van der Waals surface area contributed by atoms with Crippen LogP contribution >= 0.6 is 11.8 Å². The number of anilines is 1. The molecule has 1 saturated heterocycles. The van der Waals surface area contributed by atoms with Crippen molar-refractivity contribution in [3.63, 3.8) is 0 Å². The van der Waals surface area contributed by atoms with E-state index in [4.69, 9.17) is 0 Å². The number of hydrogen-bond acceptors (Lipinski definition) is 3. The molecule has 1 saturated carbocycles. The first-order valence-corrected chi connectivity index (χ1v) is 8.41. The number of piperidine rings is 1. The highest BCUT2D eigenvalue weighted by atomic mass is 32.2. The summed E-state index contributed by atoms with van der Waals surface area (Å²) in [6, 6.07) is 9.40. The molecule has 0 spiro atoms. The highest BCUT2D eigenvalue weighted by Gasteiger charge is 2.35. The largest absolute Gasteiger partial charge is 0.367 e. The SMILES string of the molecule is CSc1cccc(N2CCCC3CCCC32)c1C#N. The Bertz CT molecular complexity index is 506. The molecule has 2 aliphatic rings. The fourth-order valence-electron chi connectivity index (χ4n) is 3.79. The Balaban J connectivity index is 1.99. The van der Waals surface area contributed by atoms with Gasteiger partial charge in [0.25, 0.3) is 0 Å². The van der Waals surface area contributed by atoms with Gasteiger partial charge in [-0.3, -0.25) is 0 Å². The Labute approximate surface area is 119 Å². The van der Waals surface area contributed by atoms with Crippen molar-refractivity contribution in [1.29, 1.82) is 5.26 Å². The Morgan fingerprint density at radius 3 is 2.89 bits per heavy atom. The molecular weight excluding hydrogens is 252 g/mol. The van der Waals surface area contributed by atoms with Crippen LogP contribution in [-0.2, 0) is 0 Å². The first-order valence-electron chi connectivity index (χ1n) is 7.19. The van der Waals surface area contributed by atoms with Gasteiger partial charge in [0.15, 0.2) is 0 Å². The van der Waals surface area contributed by atoms with Gasteiger partial charge in [-0.2, -0.15) is 5.26 Å². The van der Waals surface area contributed by atoms with E-state index in [1.54, 1.807) is 11.8 Å². The van der Waals surface area contributed by atoms with Gasteiger partial charge in [-0.15, -0.1) is 11.8 Å². The third-order valence-electron chi connectivity index (χ3n) is 4.64. The Kier molecular flexibility index (Phi) is 3.70. The van der Waals surface area contributed by atoms with Crippen molar-refractivity contribution < 1.29 is 0 Å². The van der Waals surface area contributed by atoms with Crippen molar-refractivity contribution in [2.24, 2.45) is 5.92 Å². The maximum atomic E-state index is 9.51. The summed E-state index contributed by atoms with van der Waals surface area (Å²) >= 11 is 1.67. The summed E-state index contributed by atoms with van der Waals surface area (Å²) in [5, 5.41) is 9.51. The van der Waals surface area contributed by atoms with E-state index in [0.29, 0.717) is 6.04 Å². The minimum absolute atomic E-state index is 0.679. The Morgan fingerprint density at radius 2 is 2.11 bits per heavy atom. The normalized spacial score (nSPS) is 26.0. The molecule has 3 rings (SSSR count). The molecule has 0 amide bonds. The van der Waals surface area contributed by atoms with Gasteiger partial charge in [0.1, 0.15) is 6.07 Å². The minimum atomic E-state index is 0.679. The van der Waals surface area contributed by atoms with Crippen LogP contribution in [-0.4, -0.2) is 18.8 Å². The first-order chi connectivity index (χ1) is 9.35. The molecule has 1 aliphatic carbocycles. The lowest BCUT2D eigenvalue weighted by Crippen LogP contribution is -2.43. The average Bonchev–Trinajstić information content (AvgIpc) is 2.94. The molecule has 2 fully saturated rings. The quantitative estimate of drug-likeness (QED) is 0.760. The molecule has 0 aromatic heterocycles. The topological polar surface area (TPSA) is 27.0 Å². The number of rotatable bonds is 2. The molecule has 3 heteroatoms. The molecular formula is C16H20N2S. The van der Waals surface area contributed by atoms with Crippen LogP contribution in [0.15, 0.2) is 23.1 Å². The van der Waals surface area contributed by atoms with Gasteiger partial charge in [0.05, 0.1) is 11.3 Å². The second-order valence-corrected chi connectivity index (χ2v) is 6.41. The van der Waals surface area contributed by atoms with Crippen molar-refractivity contribution in [1.82, 2.24) is 0 Å². The fraction of sp³-hybridized carbons (Fsp3) is 0.562. The summed E-state index contributed by atoms with van der Waals surface area (Å²) in [7, 11) is 0. The van der Waals surface area contributed by atoms with Crippen LogP contribution in [0.2, 0.25) is 0 Å². The monoisotopic (exact) mass is 272 g/mol. The van der Waals surface area contributed by atoms with E-state index in [0.717, 1.165) is 22.9 Å². The zero-order valence-corrected chi connectivity index (χ0v) is 12.2. The second kappa shape index (κ2) is 5.46. The third kappa shape index (κ3) is 2.23. The van der Waals surface area contributed by atoms with Crippen molar-refractivity contribution in [2.75, 3.05) is 17.7 Å². The van der Waals surface area contributed by atoms with Gasteiger partial charge in [-0.1, -0.05) is 12.5 Å². The molecule has 1 aliphatic heterocycles. The third-order valence-corrected chi connectivity index (χ3v) is 5.42. The van der Waals surface area contributed by atoms with E-state index in [1.807, 2.05) is 0 Å². The van der Waals surface area contributed by atoms with Gasteiger partial charge < -0.3 is 4.90 Å². The van der Waals surface area contributed by atoms with Gasteiger partial charge in [0.2, 0.25) is 0 Å². The molecule has 2 unspecified atom stereocenters. The lowest BCUT2D eigenvalue weighted by molar-refractivity contribution is 0.362. The van der Waals surface area contributed by atoms with Gasteiger partial charge >= 0.3 is 0 Å². The summed E-state index contributed by atoms with van der Waals surface area (Å²) < 4.78 is 0. The smallest absolute Gasteiger partial charge is 0.103 e. The number of benzene rings is 1. The summed E-state index contributed by atoms with van der Waals surface area (Å²) in [4.78, 5) is 3.64. The van der Waals surface area contributed by atoms with Crippen LogP contribution in [0, 0.1) is 17.2 Å². The number of nitriles is 1. The number of fused-ring (bicyclic) bond motifs is 1. The van der Waals surface area contributed by atoms with E-state index >= 15 is 0 Å². The molecule has 2 nitrogen and oxygen atoms in total. The number of hydrogen-bond donors (Lipinski definition) is 0. The summed E-state index contributed by atoms with van der Waals surface area (Å²) in [6.45, 7) is 1.12. The maximum Gasteiger partial charge on any atom is 0.103 e. The Morgan fingerprint density at radius 1 is 1.26 bits per heavy atom. The van der Waals surface area contributed by atoms with Crippen LogP contribution in [0.4, 0.5) is 5.69 Å². The number of nitrogens with zero attached hydrogens (tertiary/aromatic N) is 2. The summed E-state index contributed by atoms with van der Waals surface area (Å²) in [5.41, 5.74) is 2.05. The van der Waals surface area contributed by atoms with Crippen LogP contribution in [0.5, 0.6) is 0 Å². The first kappa shape index (κ1) is 12.9. The van der Waals surface area contributed by atoms with Crippen molar-refractivity contribution >= 4 is 17.4 Å². The predicted molar refractivity (Wildman–Crippen MR) is 80.6 cm³/mol. The van der Waals surface area contributed by atoms with Gasteiger partial charge in [-0.05, 0) is 50.0 Å². The molecule has 1 aromatic carbocycles. The van der Waals surface area contributed by atoms with E-state index < -0.39 is 0 Å². The number of thioether (sulfide) groups is 1. The molecule has 0 radical (unpaired) electrons. The van der Waals surface area contributed by atoms with Crippen molar-refractivity contribution in [3.8, 4) is 6.07 Å². The lowest BCUT2D eigenvalue weighted by Gasteiger charge is -2.40. The van der Waals surface area contributed by atoms with E-state index in [-0.39, 0.29) is 0 Å². The zero-order valence-electron chi connectivity index (χ0n) is 11.4. The highest BCUT2D eigenvalue weighted by molar-refractivity contribution is 7.98.